The van der Waals surface area contributed by atoms with Crippen LogP contribution in [0.25, 0.3) is 16.0 Å². The largest absolute Gasteiger partial charge is 0.299 e. The van der Waals surface area contributed by atoms with Gasteiger partial charge in [-0.1, -0.05) is 79.5 Å². The SMILES string of the molecule is [C-]#[N+]c1cc(-c2c(Cl)cc(CC(=O)Cc3ccccc3)cc2Cl)ccc1CC(C)C. The molecule has 0 heterocycles. The highest BCUT2D eigenvalue weighted by atomic mass is 35.5. The van der Waals surface area contributed by atoms with E-state index in [9.17, 15) is 4.79 Å². The average Bonchev–Trinajstić information content (AvgIpc) is 2.68. The first-order valence-corrected chi connectivity index (χ1v) is 10.7. The number of carbonyl (C=O) groups excluding carboxylic acids is 1. The molecule has 0 radical (unpaired) electrons. The maximum atomic E-state index is 12.4. The average molecular weight is 436 g/mol. The molecule has 0 aromatic heterocycles. The molecule has 0 bridgehead atoms. The van der Waals surface area contributed by atoms with Crippen molar-refractivity contribution in [3.8, 4) is 11.1 Å². The third-order valence-corrected chi connectivity index (χ3v) is 5.47. The van der Waals surface area contributed by atoms with Crippen LogP contribution in [0.1, 0.15) is 30.5 Å². The van der Waals surface area contributed by atoms with Gasteiger partial charge in [-0.2, -0.15) is 0 Å². The second-order valence-electron chi connectivity index (χ2n) is 7.87. The molecule has 0 amide bonds. The Morgan fingerprint density at radius 1 is 0.933 bits per heavy atom. The summed E-state index contributed by atoms with van der Waals surface area (Å²) in [5, 5.41) is 0.968. The van der Waals surface area contributed by atoms with Gasteiger partial charge < -0.3 is 0 Å². The first-order valence-electron chi connectivity index (χ1n) is 9.91. The lowest BCUT2D eigenvalue weighted by atomic mass is 9.96. The van der Waals surface area contributed by atoms with Crippen molar-refractivity contribution in [3.63, 3.8) is 0 Å². The minimum absolute atomic E-state index is 0.106. The summed E-state index contributed by atoms with van der Waals surface area (Å²) >= 11 is 13.1. The van der Waals surface area contributed by atoms with Crippen LogP contribution in [0, 0.1) is 12.5 Å². The fraction of sp³-hybridized carbons (Fsp3) is 0.231. The lowest BCUT2D eigenvalue weighted by Crippen LogP contribution is -2.06. The predicted octanol–water partition coefficient (Wildman–Crippen LogP) is 7.76. The Kier molecular flexibility index (Phi) is 7.32. The molecule has 0 atom stereocenters. The monoisotopic (exact) mass is 435 g/mol. The van der Waals surface area contributed by atoms with Crippen LogP contribution in [0.5, 0.6) is 0 Å². The number of benzene rings is 3. The normalized spacial score (nSPS) is 10.8. The zero-order chi connectivity index (χ0) is 21.7. The highest BCUT2D eigenvalue weighted by Crippen LogP contribution is 2.38. The van der Waals surface area contributed by atoms with Crippen molar-refractivity contribution in [2.45, 2.75) is 33.1 Å². The molecule has 0 saturated heterocycles. The minimum atomic E-state index is 0.106. The number of hydrogen-bond acceptors (Lipinski definition) is 1. The van der Waals surface area contributed by atoms with Crippen LogP contribution in [0.3, 0.4) is 0 Å². The Hall–Kier alpha value is -2.60. The van der Waals surface area contributed by atoms with Crippen molar-refractivity contribution >= 4 is 34.7 Å². The van der Waals surface area contributed by atoms with Gasteiger partial charge in [-0.15, -0.1) is 0 Å². The number of carbonyl (C=O) groups is 1. The standard InChI is InChI=1S/C26H23Cl2NO/c1-17(2)11-20-9-10-21(16-25(20)29-3)26-23(27)14-19(15-24(26)28)13-22(30)12-18-7-5-4-6-8-18/h4-10,14-17H,11-13H2,1-2H3. The van der Waals surface area contributed by atoms with Crippen molar-refractivity contribution in [2.75, 3.05) is 0 Å². The molecule has 4 heteroatoms. The van der Waals surface area contributed by atoms with E-state index in [2.05, 4.69) is 18.7 Å². The van der Waals surface area contributed by atoms with Crippen LogP contribution >= 0.6 is 23.2 Å². The smallest absolute Gasteiger partial charge is 0.191 e. The van der Waals surface area contributed by atoms with Crippen LogP contribution < -0.4 is 0 Å². The molecule has 0 aliphatic carbocycles. The summed E-state index contributed by atoms with van der Waals surface area (Å²) in [5.74, 6) is 0.575. The quantitative estimate of drug-likeness (QED) is 0.347. The van der Waals surface area contributed by atoms with Crippen molar-refractivity contribution in [2.24, 2.45) is 5.92 Å². The first kappa shape index (κ1) is 22.1. The Morgan fingerprint density at radius 3 is 2.17 bits per heavy atom. The Bertz CT molecular complexity index is 1070. The van der Waals surface area contributed by atoms with E-state index in [1.807, 2.05) is 48.5 Å². The van der Waals surface area contributed by atoms with Crippen LogP contribution in [-0.2, 0) is 24.1 Å². The summed E-state index contributed by atoms with van der Waals surface area (Å²) in [7, 11) is 0. The van der Waals surface area contributed by atoms with Crippen LogP contribution in [0.4, 0.5) is 5.69 Å². The highest BCUT2D eigenvalue weighted by Gasteiger charge is 2.15. The molecule has 0 saturated carbocycles. The zero-order valence-electron chi connectivity index (χ0n) is 17.1. The summed E-state index contributed by atoms with van der Waals surface area (Å²) in [4.78, 5) is 16.1. The Labute approximate surface area is 188 Å². The molecule has 3 aromatic carbocycles. The fourth-order valence-corrected chi connectivity index (χ4v) is 4.30. The number of Topliss-reactive ketones (excluding diaryl/α,β-unsaturated/α-hetero) is 1. The van der Waals surface area contributed by atoms with Gasteiger partial charge in [0.05, 0.1) is 16.6 Å². The maximum Gasteiger partial charge on any atom is 0.191 e. The Balaban J connectivity index is 1.84. The summed E-state index contributed by atoms with van der Waals surface area (Å²) in [6.45, 7) is 11.8. The van der Waals surface area contributed by atoms with Crippen LogP contribution in [0.15, 0.2) is 60.7 Å². The molecule has 0 fully saturated rings. The molecule has 152 valence electrons. The van der Waals surface area contributed by atoms with Crippen molar-refractivity contribution in [1.82, 2.24) is 0 Å². The summed E-state index contributed by atoms with van der Waals surface area (Å²) < 4.78 is 0. The van der Waals surface area contributed by atoms with E-state index < -0.39 is 0 Å². The topological polar surface area (TPSA) is 21.4 Å². The van der Waals surface area contributed by atoms with E-state index in [1.165, 1.54) is 0 Å². The highest BCUT2D eigenvalue weighted by molar-refractivity contribution is 6.39. The van der Waals surface area contributed by atoms with E-state index in [4.69, 9.17) is 29.8 Å². The molecular weight excluding hydrogens is 413 g/mol. The number of rotatable bonds is 7. The van der Waals surface area contributed by atoms with Crippen LogP contribution in [0.2, 0.25) is 10.0 Å². The second-order valence-corrected chi connectivity index (χ2v) is 8.68. The number of ketones is 1. The van der Waals surface area contributed by atoms with E-state index in [1.54, 1.807) is 12.1 Å². The van der Waals surface area contributed by atoms with Gasteiger partial charge in [-0.3, -0.25) is 4.79 Å². The van der Waals surface area contributed by atoms with Gasteiger partial charge in [0.2, 0.25) is 0 Å². The molecule has 0 N–H and O–H groups in total. The maximum absolute atomic E-state index is 12.4. The van der Waals surface area contributed by atoms with Crippen LogP contribution in [-0.4, -0.2) is 5.78 Å². The number of hydrogen-bond donors (Lipinski definition) is 0. The summed E-state index contributed by atoms with van der Waals surface area (Å²) in [6.07, 6.45) is 1.50. The van der Waals surface area contributed by atoms with Gasteiger partial charge in [0.1, 0.15) is 5.78 Å². The van der Waals surface area contributed by atoms with Gasteiger partial charge in [0.15, 0.2) is 5.69 Å². The fourth-order valence-electron chi connectivity index (χ4n) is 3.55. The molecule has 2 nitrogen and oxygen atoms in total. The molecule has 30 heavy (non-hydrogen) atoms. The van der Waals surface area contributed by atoms with E-state index in [0.717, 1.165) is 28.7 Å². The molecule has 3 aromatic rings. The van der Waals surface area contributed by atoms with E-state index >= 15 is 0 Å². The zero-order valence-corrected chi connectivity index (χ0v) is 18.6. The molecule has 0 unspecified atom stereocenters. The summed E-state index contributed by atoms with van der Waals surface area (Å²) in [5.41, 5.74) is 4.93. The third-order valence-electron chi connectivity index (χ3n) is 4.87. The van der Waals surface area contributed by atoms with Crippen molar-refractivity contribution < 1.29 is 4.79 Å². The molecule has 0 spiro atoms. The molecule has 3 rings (SSSR count). The van der Waals surface area contributed by atoms with Gasteiger partial charge in [0.25, 0.3) is 0 Å². The lowest BCUT2D eigenvalue weighted by molar-refractivity contribution is -0.117. The Morgan fingerprint density at radius 2 is 1.57 bits per heavy atom. The van der Waals surface area contributed by atoms with Gasteiger partial charge >= 0.3 is 0 Å². The van der Waals surface area contributed by atoms with Gasteiger partial charge in [-0.25, -0.2) is 4.85 Å². The first-order chi connectivity index (χ1) is 14.4. The van der Waals surface area contributed by atoms with Crippen molar-refractivity contribution in [3.05, 3.63) is 98.8 Å². The van der Waals surface area contributed by atoms with E-state index in [0.29, 0.717) is 33.6 Å². The molecule has 0 aliphatic rings. The second kappa shape index (κ2) is 9.94. The minimum Gasteiger partial charge on any atom is -0.299 e. The molecule has 0 aliphatic heterocycles. The number of nitrogens with zero attached hydrogens (tertiary/aromatic N) is 1. The molecular formula is C26H23Cl2NO. The predicted molar refractivity (Wildman–Crippen MR) is 126 cm³/mol. The summed E-state index contributed by atoms with van der Waals surface area (Å²) in [6, 6.07) is 19.0. The van der Waals surface area contributed by atoms with Gasteiger partial charge in [0, 0.05) is 18.4 Å². The number of halogens is 2. The lowest BCUT2D eigenvalue weighted by Gasteiger charge is -2.13. The third kappa shape index (κ3) is 5.51. The van der Waals surface area contributed by atoms with Crippen molar-refractivity contribution in [1.29, 1.82) is 0 Å². The van der Waals surface area contributed by atoms with E-state index in [-0.39, 0.29) is 12.2 Å². The van der Waals surface area contributed by atoms with Gasteiger partial charge in [-0.05, 0) is 52.8 Å².